The Kier molecular flexibility index (Phi) is 4.34. The quantitative estimate of drug-likeness (QED) is 0.932. The first-order chi connectivity index (χ1) is 12.1. The zero-order valence-electron chi connectivity index (χ0n) is 14.8. The number of pyridine rings is 1. The summed E-state index contributed by atoms with van der Waals surface area (Å²) in [5.41, 5.74) is 2.41. The van der Waals surface area contributed by atoms with Gasteiger partial charge in [0.15, 0.2) is 0 Å². The van der Waals surface area contributed by atoms with Crippen LogP contribution in [-0.4, -0.2) is 39.5 Å². The summed E-state index contributed by atoms with van der Waals surface area (Å²) in [4.78, 5) is 19.1. The van der Waals surface area contributed by atoms with Gasteiger partial charge in [0.25, 0.3) is 5.91 Å². The lowest BCUT2D eigenvalue weighted by Crippen LogP contribution is -2.59. The molecule has 2 aromatic heterocycles. The Labute approximate surface area is 149 Å². The van der Waals surface area contributed by atoms with E-state index >= 15 is 0 Å². The fourth-order valence-electron chi connectivity index (χ4n) is 4.30. The molecular weight excluding hydrogens is 312 g/mol. The average Bonchev–Trinajstić information content (AvgIpc) is 3.07. The van der Waals surface area contributed by atoms with Gasteiger partial charge >= 0.3 is 0 Å². The van der Waals surface area contributed by atoms with E-state index in [0.717, 1.165) is 31.6 Å². The van der Waals surface area contributed by atoms with Crippen molar-refractivity contribution < 1.29 is 4.79 Å². The van der Waals surface area contributed by atoms with Crippen LogP contribution < -0.4 is 5.32 Å². The molecule has 1 aliphatic heterocycles. The Morgan fingerprint density at radius 1 is 1.24 bits per heavy atom. The maximum absolute atomic E-state index is 12.5. The van der Waals surface area contributed by atoms with Crippen molar-refractivity contribution in [3.63, 3.8) is 0 Å². The molecule has 1 amide bonds. The SMILES string of the molecule is Cn1ccc(C(=O)NC2CCC23CCN(Cc2ccncc2)CC3)c1. The van der Waals surface area contributed by atoms with Gasteiger partial charge in [0.2, 0.25) is 0 Å². The van der Waals surface area contributed by atoms with E-state index in [0.29, 0.717) is 11.5 Å². The lowest BCUT2D eigenvalue weighted by molar-refractivity contribution is -0.00710. The molecule has 1 N–H and O–H groups in total. The number of aromatic nitrogens is 2. The van der Waals surface area contributed by atoms with Crippen molar-refractivity contribution in [1.29, 1.82) is 0 Å². The molecular formula is C20H26N4O. The van der Waals surface area contributed by atoms with Crippen LogP contribution >= 0.6 is 0 Å². The molecule has 1 saturated carbocycles. The van der Waals surface area contributed by atoms with Gasteiger partial charge in [-0.25, -0.2) is 0 Å². The van der Waals surface area contributed by atoms with Crippen LogP contribution in [0.15, 0.2) is 43.0 Å². The highest BCUT2D eigenvalue weighted by Crippen LogP contribution is 2.49. The van der Waals surface area contributed by atoms with Crippen molar-refractivity contribution in [2.75, 3.05) is 13.1 Å². The van der Waals surface area contributed by atoms with Crippen molar-refractivity contribution >= 4 is 5.91 Å². The van der Waals surface area contributed by atoms with E-state index in [4.69, 9.17) is 0 Å². The number of likely N-dealkylation sites (tertiary alicyclic amines) is 1. The second-order valence-electron chi connectivity index (χ2n) is 7.62. The van der Waals surface area contributed by atoms with Crippen LogP contribution in [0.3, 0.4) is 0 Å². The molecule has 5 heteroatoms. The molecule has 1 spiro atoms. The molecule has 25 heavy (non-hydrogen) atoms. The Balaban J connectivity index is 1.32. The lowest BCUT2D eigenvalue weighted by Gasteiger charge is -2.54. The second-order valence-corrected chi connectivity index (χ2v) is 7.62. The molecule has 0 aromatic carbocycles. The van der Waals surface area contributed by atoms with Gasteiger partial charge in [0, 0.05) is 44.4 Å². The molecule has 5 nitrogen and oxygen atoms in total. The van der Waals surface area contributed by atoms with E-state index in [1.807, 2.05) is 42.5 Å². The van der Waals surface area contributed by atoms with Crippen LogP contribution in [0, 0.1) is 5.41 Å². The van der Waals surface area contributed by atoms with Gasteiger partial charge in [0.05, 0.1) is 5.56 Å². The van der Waals surface area contributed by atoms with E-state index < -0.39 is 0 Å². The summed E-state index contributed by atoms with van der Waals surface area (Å²) in [6, 6.07) is 6.41. The predicted molar refractivity (Wildman–Crippen MR) is 97.1 cm³/mol. The maximum Gasteiger partial charge on any atom is 0.253 e. The number of nitrogens with zero attached hydrogens (tertiary/aromatic N) is 3. The van der Waals surface area contributed by atoms with Crippen LogP contribution in [0.25, 0.3) is 0 Å². The van der Waals surface area contributed by atoms with Crippen molar-refractivity contribution in [1.82, 2.24) is 19.8 Å². The molecule has 2 fully saturated rings. The van der Waals surface area contributed by atoms with Gasteiger partial charge in [-0.05, 0) is 68.0 Å². The highest BCUT2D eigenvalue weighted by Gasteiger charge is 2.48. The molecule has 132 valence electrons. The Bertz CT molecular complexity index is 731. The largest absolute Gasteiger partial charge is 0.356 e. The molecule has 2 aliphatic rings. The molecule has 2 aromatic rings. The summed E-state index contributed by atoms with van der Waals surface area (Å²) >= 11 is 0. The van der Waals surface area contributed by atoms with E-state index in [-0.39, 0.29) is 5.91 Å². The summed E-state index contributed by atoms with van der Waals surface area (Å²) in [6.07, 6.45) is 12.2. The highest BCUT2D eigenvalue weighted by molar-refractivity contribution is 5.94. The summed E-state index contributed by atoms with van der Waals surface area (Å²) in [6.45, 7) is 3.22. The first-order valence-electron chi connectivity index (χ1n) is 9.19. The Morgan fingerprint density at radius 2 is 2.00 bits per heavy atom. The Morgan fingerprint density at radius 3 is 2.60 bits per heavy atom. The van der Waals surface area contributed by atoms with Gasteiger partial charge in [-0.15, -0.1) is 0 Å². The monoisotopic (exact) mass is 338 g/mol. The molecule has 3 heterocycles. The van der Waals surface area contributed by atoms with E-state index in [9.17, 15) is 4.79 Å². The Hall–Kier alpha value is -2.14. The van der Waals surface area contributed by atoms with Crippen molar-refractivity contribution in [2.24, 2.45) is 12.5 Å². The van der Waals surface area contributed by atoms with Gasteiger partial charge < -0.3 is 9.88 Å². The van der Waals surface area contributed by atoms with Gasteiger partial charge in [-0.1, -0.05) is 0 Å². The van der Waals surface area contributed by atoms with Gasteiger partial charge in [-0.3, -0.25) is 14.7 Å². The zero-order valence-corrected chi connectivity index (χ0v) is 14.8. The fraction of sp³-hybridized carbons (Fsp3) is 0.500. The molecule has 1 aliphatic carbocycles. The summed E-state index contributed by atoms with van der Waals surface area (Å²) < 4.78 is 1.92. The molecule has 1 saturated heterocycles. The number of rotatable bonds is 4. The number of hydrogen-bond acceptors (Lipinski definition) is 3. The van der Waals surface area contributed by atoms with Crippen molar-refractivity contribution in [3.8, 4) is 0 Å². The first kappa shape index (κ1) is 16.3. The van der Waals surface area contributed by atoms with E-state index in [2.05, 4.69) is 27.3 Å². The molecule has 0 radical (unpaired) electrons. The standard InChI is InChI=1S/C20H26N4O/c1-23-11-5-17(15-23)19(25)22-18-2-6-20(18)7-12-24(13-8-20)14-16-3-9-21-10-4-16/h3-5,9-11,15,18H,2,6-8,12-14H2,1H3,(H,22,25). The third kappa shape index (κ3) is 3.33. The minimum atomic E-state index is 0.0730. The van der Waals surface area contributed by atoms with Crippen LogP contribution in [0.2, 0.25) is 0 Å². The number of hydrogen-bond donors (Lipinski definition) is 1. The highest BCUT2D eigenvalue weighted by atomic mass is 16.1. The molecule has 0 bridgehead atoms. The fourth-order valence-corrected chi connectivity index (χ4v) is 4.30. The number of carbonyl (C=O) groups is 1. The number of carbonyl (C=O) groups excluding carboxylic acids is 1. The summed E-state index contributed by atoms with van der Waals surface area (Å²) in [7, 11) is 1.94. The topological polar surface area (TPSA) is 50.2 Å². The van der Waals surface area contributed by atoms with Crippen LogP contribution in [0.4, 0.5) is 0 Å². The van der Waals surface area contributed by atoms with Crippen molar-refractivity contribution in [2.45, 2.75) is 38.3 Å². The normalized spacial score (nSPS) is 22.5. The number of nitrogens with one attached hydrogen (secondary N) is 1. The van der Waals surface area contributed by atoms with Gasteiger partial charge in [-0.2, -0.15) is 0 Å². The second kappa shape index (κ2) is 6.64. The van der Waals surface area contributed by atoms with Crippen LogP contribution in [0.1, 0.15) is 41.6 Å². The third-order valence-electron chi connectivity index (χ3n) is 6.08. The smallest absolute Gasteiger partial charge is 0.253 e. The maximum atomic E-state index is 12.5. The van der Waals surface area contributed by atoms with Crippen molar-refractivity contribution in [3.05, 3.63) is 54.1 Å². The number of piperidine rings is 1. The molecule has 1 unspecified atom stereocenters. The number of amides is 1. The van der Waals surface area contributed by atoms with Crippen LogP contribution in [-0.2, 0) is 13.6 Å². The minimum Gasteiger partial charge on any atom is -0.356 e. The van der Waals surface area contributed by atoms with Gasteiger partial charge in [0.1, 0.15) is 0 Å². The molecule has 1 atom stereocenters. The zero-order chi connectivity index (χ0) is 17.3. The predicted octanol–water partition coefficient (Wildman–Crippen LogP) is 2.59. The summed E-state index contributed by atoms with van der Waals surface area (Å²) in [5, 5.41) is 3.29. The average molecular weight is 338 g/mol. The van der Waals surface area contributed by atoms with E-state index in [1.54, 1.807) is 0 Å². The third-order valence-corrected chi connectivity index (χ3v) is 6.08. The minimum absolute atomic E-state index is 0.0730. The first-order valence-corrected chi connectivity index (χ1v) is 9.19. The van der Waals surface area contributed by atoms with E-state index in [1.165, 1.54) is 24.8 Å². The molecule has 4 rings (SSSR count). The lowest BCUT2D eigenvalue weighted by atomic mass is 9.59. The summed E-state index contributed by atoms with van der Waals surface area (Å²) in [5.74, 6) is 0.0730. The van der Waals surface area contributed by atoms with Crippen LogP contribution in [0.5, 0.6) is 0 Å². The number of aryl methyl sites for hydroxylation is 1.